The average molecular weight is 412 g/mol. The first-order valence-corrected chi connectivity index (χ1v) is 10.7. The molecule has 0 amide bonds. The van der Waals surface area contributed by atoms with Gasteiger partial charge < -0.3 is 5.32 Å². The molecule has 1 aliphatic heterocycles. The van der Waals surface area contributed by atoms with Crippen molar-refractivity contribution < 1.29 is 4.79 Å². The Morgan fingerprint density at radius 1 is 1.00 bits per heavy atom. The Morgan fingerprint density at radius 2 is 1.80 bits per heavy atom. The zero-order valence-electron chi connectivity index (χ0n) is 16.5. The van der Waals surface area contributed by atoms with Crippen LogP contribution in [0.15, 0.2) is 91.0 Å². The smallest absolute Gasteiger partial charge is 0.185 e. The summed E-state index contributed by atoms with van der Waals surface area (Å²) in [5, 5.41) is 4.47. The number of rotatable bonds is 4. The first-order chi connectivity index (χ1) is 14.7. The summed E-state index contributed by atoms with van der Waals surface area (Å²) >= 11 is 6.08. The molecule has 0 saturated heterocycles. The molecule has 0 radical (unpaired) electrons. The van der Waals surface area contributed by atoms with E-state index >= 15 is 0 Å². The van der Waals surface area contributed by atoms with Gasteiger partial charge >= 0.3 is 0 Å². The van der Waals surface area contributed by atoms with Crippen molar-refractivity contribution in [2.75, 3.05) is 5.32 Å². The van der Waals surface area contributed by atoms with Gasteiger partial charge in [0.2, 0.25) is 0 Å². The number of benzene rings is 3. The van der Waals surface area contributed by atoms with Crippen LogP contribution in [-0.4, -0.2) is 5.78 Å². The minimum absolute atomic E-state index is 0.0278. The lowest BCUT2D eigenvalue weighted by Gasteiger charge is -2.37. The predicted molar refractivity (Wildman–Crippen MR) is 124 cm³/mol. The van der Waals surface area contributed by atoms with Gasteiger partial charge in [-0.1, -0.05) is 72.3 Å². The second kappa shape index (κ2) is 7.97. The van der Waals surface area contributed by atoms with Gasteiger partial charge in [-0.2, -0.15) is 0 Å². The van der Waals surface area contributed by atoms with E-state index in [-0.39, 0.29) is 11.8 Å². The van der Waals surface area contributed by atoms with Crippen molar-refractivity contribution in [1.29, 1.82) is 0 Å². The van der Waals surface area contributed by atoms with Gasteiger partial charge in [0.05, 0.1) is 6.04 Å². The first-order valence-electron chi connectivity index (χ1n) is 10.3. The molecule has 2 aliphatic rings. The first kappa shape index (κ1) is 18.9. The highest BCUT2D eigenvalue weighted by Gasteiger charge is 2.38. The van der Waals surface area contributed by atoms with Gasteiger partial charge in [0, 0.05) is 22.2 Å². The number of carbonyl (C=O) groups is 1. The molecule has 3 aromatic carbocycles. The fraction of sp³-hybridized carbons (Fsp3) is 0.148. The van der Waals surface area contributed by atoms with Crippen LogP contribution >= 0.6 is 11.6 Å². The summed E-state index contributed by atoms with van der Waals surface area (Å²) in [5.41, 5.74) is 5.31. The molecular weight excluding hydrogens is 390 g/mol. The molecule has 2 nitrogen and oxygen atoms in total. The van der Waals surface area contributed by atoms with Crippen LogP contribution in [0.4, 0.5) is 5.69 Å². The third-order valence-electron chi connectivity index (χ3n) is 6.10. The topological polar surface area (TPSA) is 29.1 Å². The minimum Gasteiger partial charge on any atom is -0.378 e. The summed E-state index contributed by atoms with van der Waals surface area (Å²) in [4.78, 5) is 12.8. The second-order valence-corrected chi connectivity index (χ2v) is 8.37. The van der Waals surface area contributed by atoms with Crippen LogP contribution in [0.25, 0.3) is 6.08 Å². The number of anilines is 1. The largest absolute Gasteiger partial charge is 0.378 e. The molecule has 1 heterocycles. The number of nitrogens with one attached hydrogen (secondary N) is 1. The van der Waals surface area contributed by atoms with E-state index in [0.717, 1.165) is 28.3 Å². The van der Waals surface area contributed by atoms with Gasteiger partial charge in [0.1, 0.15) is 0 Å². The fourth-order valence-corrected chi connectivity index (χ4v) is 4.71. The van der Waals surface area contributed by atoms with E-state index in [2.05, 4.69) is 35.7 Å². The maximum absolute atomic E-state index is 12.8. The summed E-state index contributed by atoms with van der Waals surface area (Å²) in [7, 11) is 0. The van der Waals surface area contributed by atoms with Gasteiger partial charge in [-0.25, -0.2) is 0 Å². The van der Waals surface area contributed by atoms with Crippen molar-refractivity contribution in [2.24, 2.45) is 5.92 Å². The molecule has 3 atom stereocenters. The van der Waals surface area contributed by atoms with Crippen LogP contribution < -0.4 is 5.32 Å². The Morgan fingerprint density at radius 3 is 2.60 bits per heavy atom. The third-order valence-corrected chi connectivity index (χ3v) is 6.36. The zero-order chi connectivity index (χ0) is 20.5. The molecule has 1 N–H and O–H groups in total. The Hall–Kier alpha value is -3.10. The van der Waals surface area contributed by atoms with Crippen molar-refractivity contribution in [3.8, 4) is 0 Å². The lowest BCUT2D eigenvalue weighted by atomic mass is 9.76. The lowest BCUT2D eigenvalue weighted by molar-refractivity contribution is 0.104. The Bertz CT molecular complexity index is 1130. The molecule has 1 aliphatic carbocycles. The number of hydrogen-bond acceptors (Lipinski definition) is 2. The average Bonchev–Trinajstić information content (AvgIpc) is 3.28. The van der Waals surface area contributed by atoms with E-state index in [1.165, 1.54) is 11.1 Å². The van der Waals surface area contributed by atoms with E-state index in [0.29, 0.717) is 11.8 Å². The van der Waals surface area contributed by atoms with E-state index in [9.17, 15) is 4.79 Å². The molecule has 0 bridgehead atoms. The van der Waals surface area contributed by atoms with E-state index in [4.69, 9.17) is 11.6 Å². The molecule has 30 heavy (non-hydrogen) atoms. The molecule has 0 fully saturated rings. The van der Waals surface area contributed by atoms with Crippen molar-refractivity contribution in [2.45, 2.75) is 18.4 Å². The van der Waals surface area contributed by atoms with Gasteiger partial charge in [-0.05, 0) is 65.4 Å². The summed E-state index contributed by atoms with van der Waals surface area (Å²) in [6.45, 7) is 0. The van der Waals surface area contributed by atoms with Crippen LogP contribution in [0, 0.1) is 5.92 Å². The highest BCUT2D eigenvalue weighted by molar-refractivity contribution is 6.30. The van der Waals surface area contributed by atoms with Crippen molar-refractivity contribution >= 4 is 29.1 Å². The molecular formula is C27H22ClNO. The summed E-state index contributed by atoms with van der Waals surface area (Å²) in [5.74, 6) is 0.775. The summed E-state index contributed by atoms with van der Waals surface area (Å²) in [6.07, 6.45) is 9.11. The van der Waals surface area contributed by atoms with Crippen LogP contribution in [-0.2, 0) is 0 Å². The normalized spacial score (nSPS) is 21.8. The van der Waals surface area contributed by atoms with Gasteiger partial charge in [0.15, 0.2) is 5.78 Å². The van der Waals surface area contributed by atoms with Gasteiger partial charge in [0.25, 0.3) is 0 Å². The summed E-state index contributed by atoms with van der Waals surface area (Å²) in [6, 6.07) is 24.3. The maximum Gasteiger partial charge on any atom is 0.185 e. The number of halogens is 1. The highest BCUT2D eigenvalue weighted by atomic mass is 35.5. The quantitative estimate of drug-likeness (QED) is 0.283. The highest BCUT2D eigenvalue weighted by Crippen LogP contribution is 2.50. The monoisotopic (exact) mass is 411 g/mol. The van der Waals surface area contributed by atoms with E-state index < -0.39 is 0 Å². The molecule has 0 unspecified atom stereocenters. The number of carbonyl (C=O) groups excluding carboxylic acids is 1. The van der Waals surface area contributed by atoms with Crippen LogP contribution in [0.5, 0.6) is 0 Å². The predicted octanol–water partition coefficient (Wildman–Crippen LogP) is 7.06. The number of allylic oxidation sites excluding steroid dienone is 3. The van der Waals surface area contributed by atoms with Crippen molar-refractivity contribution in [3.63, 3.8) is 0 Å². The maximum atomic E-state index is 12.8. The van der Waals surface area contributed by atoms with Gasteiger partial charge in [-0.15, -0.1) is 0 Å². The van der Waals surface area contributed by atoms with Crippen molar-refractivity contribution in [3.05, 3.63) is 118 Å². The molecule has 3 heteroatoms. The van der Waals surface area contributed by atoms with Crippen LogP contribution in [0.1, 0.15) is 45.4 Å². The number of fused-ring (bicyclic) bond motifs is 3. The number of ketones is 1. The fourth-order valence-electron chi connectivity index (χ4n) is 4.58. The third kappa shape index (κ3) is 3.59. The van der Waals surface area contributed by atoms with Gasteiger partial charge in [-0.3, -0.25) is 4.79 Å². The SMILES string of the molecule is O=C(/C=C/c1ccccc1)c1ccc2c(c1)[C@@H]1C=CC[C@H]1[C@@H](c1ccc(Cl)cc1)N2. The zero-order valence-corrected chi connectivity index (χ0v) is 17.2. The lowest BCUT2D eigenvalue weighted by Crippen LogP contribution is -2.29. The second-order valence-electron chi connectivity index (χ2n) is 7.94. The molecule has 5 rings (SSSR count). The Labute approximate surface area is 181 Å². The Balaban J connectivity index is 1.44. The van der Waals surface area contributed by atoms with Crippen LogP contribution in [0.3, 0.4) is 0 Å². The molecule has 0 saturated carbocycles. The number of hydrogen-bond donors (Lipinski definition) is 1. The molecule has 0 spiro atoms. The summed E-state index contributed by atoms with van der Waals surface area (Å²) < 4.78 is 0. The molecule has 0 aromatic heterocycles. The van der Waals surface area contributed by atoms with E-state index in [1.54, 1.807) is 6.08 Å². The van der Waals surface area contributed by atoms with Crippen molar-refractivity contribution in [1.82, 2.24) is 0 Å². The van der Waals surface area contributed by atoms with Crippen LogP contribution in [0.2, 0.25) is 5.02 Å². The molecule has 148 valence electrons. The Kier molecular flexibility index (Phi) is 5.02. The van der Waals surface area contributed by atoms with E-state index in [1.807, 2.05) is 60.7 Å². The molecule has 3 aromatic rings. The minimum atomic E-state index is 0.0278. The standard InChI is InChI=1S/C27H22ClNO/c28-21-13-10-19(11-14-21)27-23-8-4-7-22(23)24-17-20(12-15-25(24)29-27)26(30)16-9-18-5-2-1-3-6-18/h1-7,9-17,22-23,27,29H,8H2/b16-9+/t22-,23-,27-/m1/s1.